The van der Waals surface area contributed by atoms with Gasteiger partial charge in [-0.2, -0.15) is 0 Å². The van der Waals surface area contributed by atoms with Crippen molar-refractivity contribution in [1.82, 2.24) is 5.32 Å². The average Bonchev–Trinajstić information content (AvgIpc) is 2.46. The molecular weight excluding hydrogens is 274 g/mol. The molecule has 0 atom stereocenters. The highest BCUT2D eigenvalue weighted by Gasteiger charge is 2.08. The Morgan fingerprint density at radius 2 is 1.90 bits per heavy atom. The molecule has 0 aliphatic rings. The van der Waals surface area contributed by atoms with Gasteiger partial charge in [-0.15, -0.1) is 0 Å². The van der Waals surface area contributed by atoms with Gasteiger partial charge in [0, 0.05) is 17.1 Å². The summed E-state index contributed by atoms with van der Waals surface area (Å²) in [6, 6.07) is 12.6. The Kier molecular flexibility index (Phi) is 5.27. The quantitative estimate of drug-likeness (QED) is 0.852. The van der Waals surface area contributed by atoms with Crippen molar-refractivity contribution in [3.63, 3.8) is 0 Å². The Bertz CT molecular complexity index is 555. The van der Waals surface area contributed by atoms with Crippen molar-refractivity contribution < 1.29 is 9.84 Å². The number of aromatic hydroxyl groups is 1. The number of rotatable bonds is 6. The molecule has 0 saturated heterocycles. The monoisotopic (exact) mass is 291 g/mol. The second-order valence-corrected chi connectivity index (χ2v) is 4.86. The first-order chi connectivity index (χ1) is 9.70. The molecule has 4 heteroatoms. The van der Waals surface area contributed by atoms with Crippen LogP contribution < -0.4 is 10.1 Å². The molecule has 0 radical (unpaired) electrons. The first-order valence-electron chi connectivity index (χ1n) is 6.59. The van der Waals surface area contributed by atoms with E-state index in [9.17, 15) is 5.11 Å². The number of benzene rings is 2. The highest BCUT2D eigenvalue weighted by Crippen LogP contribution is 2.27. The van der Waals surface area contributed by atoms with Crippen molar-refractivity contribution in [3.05, 3.63) is 58.6 Å². The molecule has 0 heterocycles. The van der Waals surface area contributed by atoms with Crippen molar-refractivity contribution >= 4 is 11.6 Å². The summed E-state index contributed by atoms with van der Waals surface area (Å²) < 4.78 is 5.83. The predicted molar refractivity (Wildman–Crippen MR) is 81.3 cm³/mol. The number of hydrogen-bond acceptors (Lipinski definition) is 3. The van der Waals surface area contributed by atoms with Gasteiger partial charge in [0.05, 0.1) is 0 Å². The lowest BCUT2D eigenvalue weighted by Gasteiger charge is -2.13. The fourth-order valence-electron chi connectivity index (χ4n) is 1.85. The standard InChI is InChI=1S/C16H18ClNO2/c1-2-18-10-14-15(17)4-3-5-16(14)20-11-12-6-8-13(19)9-7-12/h3-9,18-19H,2,10-11H2,1H3. The number of ether oxygens (including phenoxy) is 1. The third kappa shape index (κ3) is 3.89. The molecule has 0 unspecified atom stereocenters. The molecule has 0 amide bonds. The van der Waals surface area contributed by atoms with Crippen LogP contribution in [0.25, 0.3) is 0 Å². The minimum absolute atomic E-state index is 0.254. The Morgan fingerprint density at radius 3 is 2.60 bits per heavy atom. The molecular formula is C16H18ClNO2. The minimum Gasteiger partial charge on any atom is -0.508 e. The van der Waals surface area contributed by atoms with Crippen molar-refractivity contribution in [2.45, 2.75) is 20.1 Å². The van der Waals surface area contributed by atoms with Gasteiger partial charge in [-0.1, -0.05) is 36.7 Å². The number of halogens is 1. The van der Waals surface area contributed by atoms with Crippen molar-refractivity contribution in [2.24, 2.45) is 0 Å². The molecule has 2 rings (SSSR count). The number of phenols is 1. The van der Waals surface area contributed by atoms with Gasteiger partial charge in [-0.25, -0.2) is 0 Å². The van der Waals surface area contributed by atoms with Crippen LogP contribution in [0.15, 0.2) is 42.5 Å². The third-order valence-corrected chi connectivity index (χ3v) is 3.31. The van der Waals surface area contributed by atoms with E-state index in [2.05, 4.69) is 5.32 Å². The average molecular weight is 292 g/mol. The topological polar surface area (TPSA) is 41.5 Å². The zero-order chi connectivity index (χ0) is 14.4. The van der Waals surface area contributed by atoms with Crippen LogP contribution in [0.4, 0.5) is 0 Å². The van der Waals surface area contributed by atoms with E-state index in [0.29, 0.717) is 18.2 Å². The van der Waals surface area contributed by atoms with Crippen LogP contribution in [-0.2, 0) is 13.2 Å². The normalized spacial score (nSPS) is 10.5. The van der Waals surface area contributed by atoms with E-state index >= 15 is 0 Å². The van der Waals surface area contributed by atoms with Crippen LogP contribution in [0.2, 0.25) is 5.02 Å². The molecule has 0 aliphatic carbocycles. The Labute approximate surface area is 124 Å². The molecule has 0 aliphatic heterocycles. The summed E-state index contributed by atoms with van der Waals surface area (Å²) in [6.07, 6.45) is 0. The van der Waals surface area contributed by atoms with Crippen LogP contribution in [0.3, 0.4) is 0 Å². The molecule has 2 aromatic rings. The van der Waals surface area contributed by atoms with Crippen molar-refractivity contribution in [3.8, 4) is 11.5 Å². The van der Waals surface area contributed by atoms with Gasteiger partial charge in [0.25, 0.3) is 0 Å². The van der Waals surface area contributed by atoms with Gasteiger partial charge in [-0.3, -0.25) is 0 Å². The lowest BCUT2D eigenvalue weighted by molar-refractivity contribution is 0.302. The molecule has 0 bridgehead atoms. The minimum atomic E-state index is 0.254. The van der Waals surface area contributed by atoms with Crippen LogP contribution in [-0.4, -0.2) is 11.7 Å². The van der Waals surface area contributed by atoms with E-state index < -0.39 is 0 Å². The summed E-state index contributed by atoms with van der Waals surface area (Å²) in [6.45, 7) is 4.05. The van der Waals surface area contributed by atoms with Gasteiger partial charge < -0.3 is 15.2 Å². The van der Waals surface area contributed by atoms with Crippen LogP contribution >= 0.6 is 11.6 Å². The fourth-order valence-corrected chi connectivity index (χ4v) is 2.08. The summed E-state index contributed by atoms with van der Waals surface area (Å²) in [5.74, 6) is 1.04. The first kappa shape index (κ1) is 14.7. The van der Waals surface area contributed by atoms with Crippen molar-refractivity contribution in [1.29, 1.82) is 0 Å². The molecule has 106 valence electrons. The van der Waals surface area contributed by atoms with E-state index in [1.165, 1.54) is 0 Å². The number of nitrogens with one attached hydrogen (secondary N) is 1. The van der Waals surface area contributed by atoms with E-state index in [-0.39, 0.29) is 5.75 Å². The Hall–Kier alpha value is -1.71. The zero-order valence-electron chi connectivity index (χ0n) is 11.4. The summed E-state index contributed by atoms with van der Waals surface area (Å²) >= 11 is 6.21. The molecule has 0 fully saturated rings. The van der Waals surface area contributed by atoms with E-state index in [4.69, 9.17) is 16.3 Å². The number of hydrogen-bond donors (Lipinski definition) is 2. The summed E-state index contributed by atoms with van der Waals surface area (Å²) in [4.78, 5) is 0. The van der Waals surface area contributed by atoms with Crippen LogP contribution in [0, 0.1) is 0 Å². The largest absolute Gasteiger partial charge is 0.508 e. The second-order valence-electron chi connectivity index (χ2n) is 4.45. The van der Waals surface area contributed by atoms with Crippen LogP contribution in [0.5, 0.6) is 11.5 Å². The molecule has 20 heavy (non-hydrogen) atoms. The summed E-state index contributed by atoms with van der Waals surface area (Å²) in [7, 11) is 0. The SMILES string of the molecule is CCNCc1c(Cl)cccc1OCc1ccc(O)cc1. The predicted octanol–water partition coefficient (Wildman–Crippen LogP) is 3.73. The van der Waals surface area contributed by atoms with Gasteiger partial charge >= 0.3 is 0 Å². The first-order valence-corrected chi connectivity index (χ1v) is 6.97. The van der Waals surface area contributed by atoms with Crippen molar-refractivity contribution in [2.75, 3.05) is 6.54 Å². The van der Waals surface area contributed by atoms with Gasteiger partial charge in [0.15, 0.2) is 0 Å². The molecule has 3 nitrogen and oxygen atoms in total. The van der Waals surface area contributed by atoms with Gasteiger partial charge in [0.2, 0.25) is 0 Å². The zero-order valence-corrected chi connectivity index (χ0v) is 12.2. The highest BCUT2D eigenvalue weighted by atomic mass is 35.5. The molecule has 2 N–H and O–H groups in total. The summed E-state index contributed by atoms with van der Waals surface area (Å²) in [5, 5.41) is 13.2. The van der Waals surface area contributed by atoms with Gasteiger partial charge in [-0.05, 0) is 36.4 Å². The Morgan fingerprint density at radius 1 is 1.15 bits per heavy atom. The maximum Gasteiger partial charge on any atom is 0.125 e. The van der Waals surface area contributed by atoms with Crippen LogP contribution in [0.1, 0.15) is 18.1 Å². The lowest BCUT2D eigenvalue weighted by Crippen LogP contribution is -2.13. The van der Waals surface area contributed by atoms with Gasteiger partial charge in [0.1, 0.15) is 18.1 Å². The second kappa shape index (κ2) is 7.17. The Balaban J connectivity index is 2.08. The maximum absolute atomic E-state index is 9.25. The third-order valence-electron chi connectivity index (χ3n) is 2.96. The smallest absolute Gasteiger partial charge is 0.125 e. The fraction of sp³-hybridized carbons (Fsp3) is 0.250. The molecule has 0 spiro atoms. The number of phenolic OH excluding ortho intramolecular Hbond substituents is 1. The molecule has 0 aromatic heterocycles. The lowest BCUT2D eigenvalue weighted by atomic mass is 10.2. The van der Waals surface area contributed by atoms with E-state index in [1.54, 1.807) is 12.1 Å². The summed E-state index contributed by atoms with van der Waals surface area (Å²) in [5.41, 5.74) is 1.96. The highest BCUT2D eigenvalue weighted by molar-refractivity contribution is 6.31. The van der Waals surface area contributed by atoms with E-state index in [1.807, 2.05) is 37.3 Å². The maximum atomic E-state index is 9.25. The van der Waals surface area contributed by atoms with E-state index in [0.717, 1.165) is 23.4 Å². The molecule has 0 saturated carbocycles. The molecule has 2 aromatic carbocycles.